The fourth-order valence-electron chi connectivity index (χ4n) is 3.53. The average Bonchev–Trinajstić information content (AvgIpc) is 3.33. The number of fused-ring (bicyclic) bond motifs is 1. The molecule has 1 aromatic carbocycles. The lowest BCUT2D eigenvalue weighted by Gasteiger charge is -2.15. The van der Waals surface area contributed by atoms with Crippen LogP contribution >= 0.6 is 0 Å². The van der Waals surface area contributed by atoms with E-state index in [1.54, 1.807) is 16.7 Å². The summed E-state index contributed by atoms with van der Waals surface area (Å²) < 4.78 is 33.9. The van der Waals surface area contributed by atoms with Gasteiger partial charge < -0.3 is 15.2 Å². The molecular weight excluding hydrogens is 440 g/mol. The second-order valence-corrected chi connectivity index (χ2v) is 8.57. The van der Waals surface area contributed by atoms with Gasteiger partial charge in [-0.25, -0.2) is 20.1 Å². The van der Waals surface area contributed by atoms with Gasteiger partial charge in [0.1, 0.15) is 24.2 Å². The van der Waals surface area contributed by atoms with Crippen LogP contribution in [-0.4, -0.2) is 57.8 Å². The fourth-order valence-corrected chi connectivity index (χ4v) is 3.85. The van der Waals surface area contributed by atoms with Gasteiger partial charge in [-0.15, -0.1) is 0 Å². The van der Waals surface area contributed by atoms with Crippen LogP contribution in [0.3, 0.4) is 0 Å². The van der Waals surface area contributed by atoms with E-state index in [1.165, 1.54) is 12.7 Å². The zero-order valence-electron chi connectivity index (χ0n) is 17.1. The van der Waals surface area contributed by atoms with Crippen LogP contribution in [0.15, 0.2) is 36.9 Å². The number of aliphatic hydroxyl groups excluding tert-OH is 1. The summed E-state index contributed by atoms with van der Waals surface area (Å²) in [5.41, 5.74) is 2.87. The maximum atomic E-state index is 12.5. The van der Waals surface area contributed by atoms with Gasteiger partial charge >= 0.3 is 10.3 Å². The van der Waals surface area contributed by atoms with Crippen molar-refractivity contribution in [2.75, 3.05) is 6.61 Å². The highest BCUT2D eigenvalue weighted by Gasteiger charge is 2.36. The summed E-state index contributed by atoms with van der Waals surface area (Å²) in [6.07, 6.45) is 0.524. The number of nitrogens with one attached hydrogen (secondary N) is 1. The largest absolute Gasteiger partial charge is 0.390 e. The number of rotatable bonds is 7. The minimum absolute atomic E-state index is 0.141. The molecule has 3 aromatic rings. The van der Waals surface area contributed by atoms with Gasteiger partial charge in [0.25, 0.3) is 5.91 Å². The number of carbonyl (C=O) groups excluding carboxylic acids is 1. The van der Waals surface area contributed by atoms with Crippen molar-refractivity contribution in [1.82, 2.24) is 24.8 Å². The molecule has 0 unspecified atom stereocenters. The molecular formula is C19H22N6O6S. The van der Waals surface area contributed by atoms with Crippen molar-refractivity contribution in [3.05, 3.63) is 53.7 Å². The van der Waals surface area contributed by atoms with E-state index in [0.717, 1.165) is 5.56 Å². The molecule has 0 saturated carbocycles. The number of benzene rings is 1. The molecule has 1 fully saturated rings. The highest BCUT2D eigenvalue weighted by Crippen LogP contribution is 2.31. The minimum Gasteiger partial charge on any atom is -0.390 e. The van der Waals surface area contributed by atoms with Crippen LogP contribution in [0.25, 0.3) is 11.2 Å². The van der Waals surface area contributed by atoms with Crippen LogP contribution < -0.4 is 10.5 Å². The van der Waals surface area contributed by atoms with Crippen LogP contribution in [0.2, 0.25) is 0 Å². The van der Waals surface area contributed by atoms with Gasteiger partial charge in [0.15, 0.2) is 5.65 Å². The summed E-state index contributed by atoms with van der Waals surface area (Å²) >= 11 is 0. The van der Waals surface area contributed by atoms with Crippen LogP contribution in [-0.2, 0) is 25.8 Å². The van der Waals surface area contributed by atoms with E-state index in [4.69, 9.17) is 9.88 Å². The smallest absolute Gasteiger partial charge is 0.333 e. The second kappa shape index (κ2) is 8.88. The third-order valence-electron chi connectivity index (χ3n) is 5.15. The first kappa shape index (κ1) is 22.2. The van der Waals surface area contributed by atoms with Crippen molar-refractivity contribution in [2.45, 2.75) is 38.3 Å². The molecule has 4 N–H and O–H groups in total. The number of aryl methyl sites for hydroxylation is 1. The number of amides is 1. The van der Waals surface area contributed by atoms with Gasteiger partial charge in [-0.1, -0.05) is 18.2 Å². The summed E-state index contributed by atoms with van der Waals surface area (Å²) in [7, 11) is -4.15. The van der Waals surface area contributed by atoms with E-state index in [9.17, 15) is 18.3 Å². The molecule has 4 rings (SSSR count). The Morgan fingerprint density at radius 2 is 2.12 bits per heavy atom. The predicted octanol–water partition coefficient (Wildman–Crippen LogP) is -0.0668. The molecule has 0 bridgehead atoms. The number of carbonyl (C=O) groups is 1. The maximum absolute atomic E-state index is 12.5. The van der Waals surface area contributed by atoms with E-state index in [0.29, 0.717) is 22.4 Å². The lowest BCUT2D eigenvalue weighted by Crippen LogP contribution is -2.30. The lowest BCUT2D eigenvalue weighted by atomic mass is 10.1. The Labute approximate surface area is 183 Å². The second-order valence-electron chi connectivity index (χ2n) is 7.35. The van der Waals surface area contributed by atoms with E-state index in [2.05, 4.69) is 24.5 Å². The molecule has 1 aliphatic heterocycles. The average molecular weight is 462 g/mol. The molecule has 170 valence electrons. The molecule has 13 heteroatoms. The normalized spacial score (nSPS) is 21.2. The van der Waals surface area contributed by atoms with Crippen molar-refractivity contribution < 1.29 is 27.2 Å². The van der Waals surface area contributed by atoms with Gasteiger partial charge in [0.05, 0.1) is 31.3 Å². The predicted molar refractivity (Wildman–Crippen MR) is 111 cm³/mol. The zero-order chi connectivity index (χ0) is 22.9. The van der Waals surface area contributed by atoms with Gasteiger partial charge in [0.2, 0.25) is 0 Å². The number of nitrogens with zero attached hydrogens (tertiary/aromatic N) is 4. The highest BCUT2D eigenvalue weighted by molar-refractivity contribution is 7.84. The third-order valence-corrected chi connectivity index (χ3v) is 5.62. The molecule has 1 amide bonds. The lowest BCUT2D eigenvalue weighted by molar-refractivity contribution is -0.0371. The van der Waals surface area contributed by atoms with Crippen LogP contribution in [0.4, 0.5) is 0 Å². The number of aliphatic hydroxyl groups is 1. The summed E-state index contributed by atoms with van der Waals surface area (Å²) in [5.74, 6) is -0.228. The van der Waals surface area contributed by atoms with Crippen molar-refractivity contribution in [2.24, 2.45) is 5.14 Å². The number of hydrogen-bond acceptors (Lipinski definition) is 9. The van der Waals surface area contributed by atoms with E-state index >= 15 is 0 Å². The molecule has 0 radical (unpaired) electrons. The molecule has 1 aliphatic rings. The molecule has 12 nitrogen and oxygen atoms in total. The molecule has 0 aliphatic carbocycles. The SMILES string of the molecule is Cc1ccccc1C(=O)NCc1ncnc2c1ncn2[C@H]1C[C@H](O)[C@@H](COS(N)(=O)=O)O1. The van der Waals surface area contributed by atoms with E-state index < -0.39 is 35.3 Å². The van der Waals surface area contributed by atoms with Gasteiger partial charge in [0, 0.05) is 12.0 Å². The Hall–Kier alpha value is -2.97. The first-order valence-electron chi connectivity index (χ1n) is 9.74. The first-order valence-corrected chi connectivity index (χ1v) is 11.2. The number of ether oxygens (including phenoxy) is 1. The fraction of sp³-hybridized carbons (Fsp3) is 0.368. The number of hydrogen-bond donors (Lipinski definition) is 3. The Kier molecular flexibility index (Phi) is 6.17. The minimum atomic E-state index is -4.15. The summed E-state index contributed by atoms with van der Waals surface area (Å²) in [6, 6.07) is 7.26. The number of nitrogens with two attached hydrogens (primary N) is 1. The van der Waals surface area contributed by atoms with Gasteiger partial charge in [-0.05, 0) is 18.6 Å². The van der Waals surface area contributed by atoms with E-state index in [1.807, 2.05) is 19.1 Å². The van der Waals surface area contributed by atoms with Crippen molar-refractivity contribution in [1.29, 1.82) is 0 Å². The number of imidazole rings is 1. The molecule has 32 heavy (non-hydrogen) atoms. The topological polar surface area (TPSA) is 172 Å². The zero-order valence-corrected chi connectivity index (χ0v) is 17.9. The van der Waals surface area contributed by atoms with Crippen LogP contribution in [0.1, 0.15) is 34.3 Å². The van der Waals surface area contributed by atoms with Crippen LogP contribution in [0.5, 0.6) is 0 Å². The molecule has 3 atom stereocenters. The van der Waals surface area contributed by atoms with Gasteiger partial charge in [-0.3, -0.25) is 13.5 Å². The van der Waals surface area contributed by atoms with Crippen LogP contribution in [0, 0.1) is 6.92 Å². The first-order chi connectivity index (χ1) is 15.2. The van der Waals surface area contributed by atoms with Crippen molar-refractivity contribution >= 4 is 27.4 Å². The Morgan fingerprint density at radius 3 is 2.88 bits per heavy atom. The summed E-state index contributed by atoms with van der Waals surface area (Å²) in [5, 5.41) is 17.9. The van der Waals surface area contributed by atoms with Gasteiger partial charge in [-0.2, -0.15) is 8.42 Å². The summed E-state index contributed by atoms with van der Waals surface area (Å²) in [4.78, 5) is 25.3. The standard InChI is InChI=1S/C19H22N6O6S/c1-11-4-2-3-5-12(11)19(27)21-7-13-17-18(23-9-22-13)25(10-24-17)16-6-14(26)15(31-16)8-30-32(20,28)29/h2-5,9-10,14-16,26H,6-8H2,1H3,(H,21,27)(H2,20,28,29)/t14-,15+,16+/m0/s1. The Balaban J connectivity index is 1.49. The monoisotopic (exact) mass is 462 g/mol. The molecule has 2 aromatic heterocycles. The molecule has 0 spiro atoms. The molecule has 3 heterocycles. The summed E-state index contributed by atoms with van der Waals surface area (Å²) in [6.45, 7) is 1.59. The molecule has 1 saturated heterocycles. The van der Waals surface area contributed by atoms with Crippen molar-refractivity contribution in [3.8, 4) is 0 Å². The number of aromatic nitrogens is 4. The maximum Gasteiger partial charge on any atom is 0.333 e. The quantitative estimate of drug-likeness (QED) is 0.435. The highest BCUT2D eigenvalue weighted by atomic mass is 32.2. The van der Waals surface area contributed by atoms with Crippen molar-refractivity contribution in [3.63, 3.8) is 0 Å². The third kappa shape index (κ3) is 4.76. The Bertz CT molecular complexity index is 1250. The Morgan fingerprint density at radius 1 is 1.34 bits per heavy atom. The van der Waals surface area contributed by atoms with E-state index in [-0.39, 0.29) is 18.9 Å².